The first-order valence-electron chi connectivity index (χ1n) is 9.78. The number of benzene rings is 1. The molecule has 0 spiro atoms. The van der Waals surface area contributed by atoms with Crippen LogP contribution in [-0.2, 0) is 11.3 Å². The lowest BCUT2D eigenvalue weighted by molar-refractivity contribution is -0.384. The molecule has 164 valence electrons. The number of morpholine rings is 1. The summed E-state index contributed by atoms with van der Waals surface area (Å²) in [5.74, 6) is 0.737. The molecule has 2 heterocycles. The van der Waals surface area contributed by atoms with Crippen molar-refractivity contribution in [1.82, 2.24) is 15.5 Å². The fourth-order valence-corrected chi connectivity index (χ4v) is 4.07. The molecule has 30 heavy (non-hydrogen) atoms. The number of rotatable bonds is 8. The minimum Gasteiger partial charge on any atom is -0.379 e. The maximum atomic E-state index is 10.8. The fourth-order valence-electron chi connectivity index (χ4n) is 3.21. The van der Waals surface area contributed by atoms with Crippen molar-refractivity contribution in [3.8, 4) is 0 Å². The summed E-state index contributed by atoms with van der Waals surface area (Å²) in [6.07, 6.45) is 0. The smallest absolute Gasteiger partial charge is 0.269 e. The highest BCUT2D eigenvalue weighted by Crippen LogP contribution is 2.25. The third-order valence-corrected chi connectivity index (χ3v) is 5.71. The molecule has 1 aromatic carbocycles. The molecule has 0 aliphatic carbocycles. The Hall–Kier alpha value is -1.76. The molecule has 2 aromatic rings. The van der Waals surface area contributed by atoms with E-state index in [1.54, 1.807) is 23.5 Å². The molecule has 1 fully saturated rings. The Balaban J connectivity index is 0.00000320. The number of thiophene rings is 1. The largest absolute Gasteiger partial charge is 0.379 e. The maximum Gasteiger partial charge on any atom is 0.269 e. The van der Waals surface area contributed by atoms with Crippen molar-refractivity contribution >= 4 is 47.0 Å². The molecule has 0 radical (unpaired) electrons. The lowest BCUT2D eigenvalue weighted by Crippen LogP contribution is -2.46. The van der Waals surface area contributed by atoms with Crippen LogP contribution in [0.2, 0.25) is 0 Å². The Morgan fingerprint density at radius 2 is 2.00 bits per heavy atom. The van der Waals surface area contributed by atoms with Gasteiger partial charge in [-0.05, 0) is 23.9 Å². The SMILES string of the molecule is CCNC(=NCc1ccc([N+](=O)[O-])cc1)NCC(c1cccs1)N1CCOCC1.I. The molecule has 1 unspecified atom stereocenters. The van der Waals surface area contributed by atoms with E-state index in [0.717, 1.165) is 50.9 Å². The third-order valence-electron chi connectivity index (χ3n) is 4.73. The highest BCUT2D eigenvalue weighted by Gasteiger charge is 2.23. The van der Waals surface area contributed by atoms with Gasteiger partial charge in [0.2, 0.25) is 0 Å². The fraction of sp³-hybridized carbons (Fsp3) is 0.450. The zero-order valence-corrected chi connectivity index (χ0v) is 20.1. The molecule has 1 atom stereocenters. The van der Waals surface area contributed by atoms with Crippen LogP contribution in [0.15, 0.2) is 46.8 Å². The summed E-state index contributed by atoms with van der Waals surface area (Å²) >= 11 is 1.77. The van der Waals surface area contributed by atoms with Gasteiger partial charge in [-0.15, -0.1) is 35.3 Å². The Bertz CT molecular complexity index is 795. The lowest BCUT2D eigenvalue weighted by Gasteiger charge is -2.34. The van der Waals surface area contributed by atoms with Gasteiger partial charge < -0.3 is 15.4 Å². The molecular weight excluding hydrogens is 517 g/mol. The summed E-state index contributed by atoms with van der Waals surface area (Å²) in [6, 6.07) is 11.0. The van der Waals surface area contributed by atoms with Crippen LogP contribution >= 0.6 is 35.3 Å². The number of hydrogen-bond acceptors (Lipinski definition) is 6. The number of nitrogens with one attached hydrogen (secondary N) is 2. The van der Waals surface area contributed by atoms with Crippen LogP contribution in [-0.4, -0.2) is 55.2 Å². The number of hydrogen-bond donors (Lipinski definition) is 2. The molecule has 1 aliphatic rings. The number of nitrogens with zero attached hydrogens (tertiary/aromatic N) is 3. The summed E-state index contributed by atoms with van der Waals surface area (Å²) < 4.78 is 5.51. The van der Waals surface area contributed by atoms with E-state index in [9.17, 15) is 10.1 Å². The summed E-state index contributed by atoms with van der Waals surface area (Å²) in [6.45, 7) is 7.34. The monoisotopic (exact) mass is 545 g/mol. The number of nitro groups is 1. The average molecular weight is 545 g/mol. The van der Waals surface area contributed by atoms with Gasteiger partial charge >= 0.3 is 0 Å². The molecule has 1 aliphatic heterocycles. The van der Waals surface area contributed by atoms with Crippen molar-refractivity contribution in [2.24, 2.45) is 4.99 Å². The van der Waals surface area contributed by atoms with E-state index >= 15 is 0 Å². The number of ether oxygens (including phenoxy) is 1. The number of non-ortho nitro benzene ring substituents is 1. The van der Waals surface area contributed by atoms with Crippen LogP contribution in [0.25, 0.3) is 0 Å². The van der Waals surface area contributed by atoms with Crippen LogP contribution in [0.1, 0.15) is 23.4 Å². The minimum absolute atomic E-state index is 0. The highest BCUT2D eigenvalue weighted by molar-refractivity contribution is 14.0. The minimum atomic E-state index is -0.394. The van der Waals surface area contributed by atoms with Gasteiger partial charge in [-0.2, -0.15) is 0 Å². The van der Waals surface area contributed by atoms with E-state index in [1.165, 1.54) is 17.0 Å². The van der Waals surface area contributed by atoms with Crippen LogP contribution in [0.3, 0.4) is 0 Å². The van der Waals surface area contributed by atoms with E-state index in [-0.39, 0.29) is 35.7 Å². The van der Waals surface area contributed by atoms with Gasteiger partial charge in [0.1, 0.15) is 0 Å². The maximum absolute atomic E-state index is 10.8. The topological polar surface area (TPSA) is 92.0 Å². The Labute approximate surface area is 197 Å². The van der Waals surface area contributed by atoms with Crippen molar-refractivity contribution < 1.29 is 9.66 Å². The van der Waals surface area contributed by atoms with Crippen LogP contribution in [0.4, 0.5) is 5.69 Å². The predicted molar refractivity (Wildman–Crippen MR) is 131 cm³/mol. The highest BCUT2D eigenvalue weighted by atomic mass is 127. The van der Waals surface area contributed by atoms with Gasteiger partial charge in [0.25, 0.3) is 5.69 Å². The van der Waals surface area contributed by atoms with Crippen molar-refractivity contribution in [1.29, 1.82) is 0 Å². The quantitative estimate of drug-likeness (QED) is 0.174. The second-order valence-corrected chi connectivity index (χ2v) is 7.66. The molecular formula is C20H28IN5O3S. The second kappa shape index (κ2) is 12.8. The molecule has 8 nitrogen and oxygen atoms in total. The van der Waals surface area contributed by atoms with Gasteiger partial charge in [-0.1, -0.05) is 18.2 Å². The van der Waals surface area contributed by atoms with E-state index in [2.05, 4.69) is 38.0 Å². The molecule has 0 saturated carbocycles. The van der Waals surface area contributed by atoms with Gasteiger partial charge in [-0.3, -0.25) is 15.0 Å². The Morgan fingerprint density at radius 1 is 1.27 bits per heavy atom. The molecule has 0 amide bonds. The first-order valence-corrected chi connectivity index (χ1v) is 10.7. The van der Waals surface area contributed by atoms with Crippen LogP contribution in [0.5, 0.6) is 0 Å². The van der Waals surface area contributed by atoms with Crippen LogP contribution < -0.4 is 10.6 Å². The van der Waals surface area contributed by atoms with E-state index in [4.69, 9.17) is 4.74 Å². The Kier molecular flexibility index (Phi) is 10.5. The summed E-state index contributed by atoms with van der Waals surface area (Å²) in [5, 5.41) is 19.6. The summed E-state index contributed by atoms with van der Waals surface area (Å²) in [4.78, 5) is 18.8. The molecule has 1 saturated heterocycles. The van der Waals surface area contributed by atoms with Gasteiger partial charge in [-0.25, -0.2) is 4.99 Å². The molecule has 2 N–H and O–H groups in total. The first-order chi connectivity index (χ1) is 14.2. The van der Waals surface area contributed by atoms with Gasteiger partial charge in [0.05, 0.1) is 30.7 Å². The number of halogens is 1. The number of aliphatic imine (C=N–C) groups is 1. The zero-order chi connectivity index (χ0) is 20.5. The second-order valence-electron chi connectivity index (χ2n) is 6.68. The van der Waals surface area contributed by atoms with E-state index < -0.39 is 4.92 Å². The van der Waals surface area contributed by atoms with E-state index in [0.29, 0.717) is 6.54 Å². The molecule has 3 rings (SSSR count). The molecule has 0 bridgehead atoms. The number of guanidine groups is 1. The average Bonchev–Trinajstić information content (AvgIpc) is 3.27. The van der Waals surface area contributed by atoms with Gasteiger partial charge in [0.15, 0.2) is 5.96 Å². The van der Waals surface area contributed by atoms with Gasteiger partial charge in [0, 0.05) is 43.2 Å². The standard InChI is InChI=1S/C20H27N5O3S.HI/c1-2-21-20(22-14-16-5-7-17(8-6-16)25(26)27)23-15-18(19-4-3-13-29-19)24-9-11-28-12-10-24;/h3-8,13,18H,2,9-12,14-15H2,1H3,(H2,21,22,23);1H. The molecule has 10 heteroatoms. The lowest BCUT2D eigenvalue weighted by atomic mass is 10.2. The predicted octanol–water partition coefficient (Wildman–Crippen LogP) is 3.40. The first kappa shape index (κ1) is 24.5. The van der Waals surface area contributed by atoms with Crippen molar-refractivity contribution in [3.63, 3.8) is 0 Å². The molecule has 1 aromatic heterocycles. The van der Waals surface area contributed by atoms with E-state index in [1.807, 2.05) is 6.92 Å². The number of nitro benzene ring substituents is 1. The van der Waals surface area contributed by atoms with Crippen molar-refractivity contribution in [2.75, 3.05) is 39.4 Å². The van der Waals surface area contributed by atoms with Crippen LogP contribution in [0, 0.1) is 10.1 Å². The van der Waals surface area contributed by atoms with Crippen molar-refractivity contribution in [2.45, 2.75) is 19.5 Å². The van der Waals surface area contributed by atoms with Crippen molar-refractivity contribution in [3.05, 3.63) is 62.3 Å². The zero-order valence-electron chi connectivity index (χ0n) is 17.0. The summed E-state index contributed by atoms with van der Waals surface area (Å²) in [7, 11) is 0. The summed E-state index contributed by atoms with van der Waals surface area (Å²) in [5.41, 5.74) is 1.02. The third kappa shape index (κ3) is 7.18. The Morgan fingerprint density at radius 3 is 2.60 bits per heavy atom. The normalized spacial score (nSPS) is 15.8.